The van der Waals surface area contributed by atoms with E-state index in [1.165, 1.54) is 25.3 Å². The lowest BCUT2D eigenvalue weighted by molar-refractivity contribution is -0.384. The number of methoxy groups -OCH3 is 2. The largest absolute Gasteiger partial charge is 0.497 e. The zero-order valence-electron chi connectivity index (χ0n) is 18.3. The number of ether oxygens (including phenoxy) is 3. The highest BCUT2D eigenvalue weighted by molar-refractivity contribution is 6.03. The molecule has 0 aliphatic rings. The Morgan fingerprint density at radius 2 is 1.74 bits per heavy atom. The summed E-state index contributed by atoms with van der Waals surface area (Å²) in [4.78, 5) is 23.7. The minimum atomic E-state index is -0.568. The maximum absolute atomic E-state index is 12.8. The van der Waals surface area contributed by atoms with Gasteiger partial charge in [0.1, 0.15) is 17.2 Å². The highest BCUT2D eigenvalue weighted by Gasteiger charge is 2.17. The third-order valence-electron chi connectivity index (χ3n) is 4.84. The molecule has 1 amide bonds. The van der Waals surface area contributed by atoms with Crippen LogP contribution in [0.15, 0.2) is 72.8 Å². The van der Waals surface area contributed by atoms with Crippen molar-refractivity contribution in [2.24, 2.45) is 0 Å². The van der Waals surface area contributed by atoms with Gasteiger partial charge in [0, 0.05) is 17.7 Å². The Bertz CT molecular complexity index is 1350. The van der Waals surface area contributed by atoms with Gasteiger partial charge in [0.05, 0.1) is 36.6 Å². The Kier molecular flexibility index (Phi) is 6.40. The van der Waals surface area contributed by atoms with Crippen LogP contribution in [0.4, 0.5) is 11.4 Å². The molecular weight excluding hydrogens is 440 g/mol. The second-order valence-corrected chi connectivity index (χ2v) is 7.08. The molecule has 0 saturated carbocycles. The molecule has 2 N–H and O–H groups in total. The molecule has 172 valence electrons. The van der Waals surface area contributed by atoms with Crippen molar-refractivity contribution in [1.82, 2.24) is 10.2 Å². The van der Waals surface area contributed by atoms with E-state index >= 15 is 0 Å². The van der Waals surface area contributed by atoms with Crippen molar-refractivity contribution >= 4 is 17.3 Å². The van der Waals surface area contributed by atoms with E-state index in [1.54, 1.807) is 49.6 Å². The van der Waals surface area contributed by atoms with Crippen LogP contribution in [0.25, 0.3) is 11.3 Å². The number of carbonyl (C=O) groups is 1. The number of amides is 1. The number of hydrogen-bond acceptors (Lipinski definition) is 7. The first kappa shape index (κ1) is 22.3. The Morgan fingerprint density at radius 3 is 2.47 bits per heavy atom. The molecule has 0 radical (unpaired) electrons. The number of carbonyl (C=O) groups excluding carboxylic acids is 1. The van der Waals surface area contributed by atoms with Gasteiger partial charge in [-0.2, -0.15) is 5.10 Å². The molecule has 0 aliphatic carbocycles. The average molecular weight is 460 g/mol. The van der Waals surface area contributed by atoms with E-state index in [4.69, 9.17) is 14.2 Å². The van der Waals surface area contributed by atoms with Crippen molar-refractivity contribution in [1.29, 1.82) is 0 Å². The summed E-state index contributed by atoms with van der Waals surface area (Å²) in [6.45, 7) is 0. The van der Waals surface area contributed by atoms with Crippen LogP contribution >= 0.6 is 0 Å². The number of hydrogen-bond donors (Lipinski definition) is 2. The predicted octanol–water partition coefficient (Wildman–Crippen LogP) is 5.05. The van der Waals surface area contributed by atoms with Crippen molar-refractivity contribution in [3.63, 3.8) is 0 Å². The van der Waals surface area contributed by atoms with E-state index in [0.29, 0.717) is 22.9 Å². The molecule has 0 spiro atoms. The first-order valence-electron chi connectivity index (χ1n) is 10.1. The number of H-pyrrole nitrogens is 1. The number of nitrogens with one attached hydrogen (secondary N) is 2. The molecule has 4 rings (SSSR count). The number of nitrogens with zero attached hydrogens (tertiary/aromatic N) is 2. The molecule has 1 aromatic heterocycles. The molecule has 10 heteroatoms. The summed E-state index contributed by atoms with van der Waals surface area (Å²) in [5.74, 6) is 1.13. The van der Waals surface area contributed by atoms with Crippen molar-refractivity contribution in [2.75, 3.05) is 19.5 Å². The lowest BCUT2D eigenvalue weighted by atomic mass is 10.1. The van der Waals surface area contributed by atoms with Gasteiger partial charge in [0.25, 0.3) is 11.6 Å². The maximum atomic E-state index is 12.8. The van der Waals surface area contributed by atoms with E-state index < -0.39 is 10.8 Å². The molecule has 1 heterocycles. The van der Waals surface area contributed by atoms with Gasteiger partial charge in [-0.25, -0.2) is 0 Å². The van der Waals surface area contributed by atoms with Crippen LogP contribution < -0.4 is 19.5 Å². The summed E-state index contributed by atoms with van der Waals surface area (Å²) < 4.78 is 16.3. The molecule has 0 bridgehead atoms. The van der Waals surface area contributed by atoms with Gasteiger partial charge in [-0.05, 0) is 30.3 Å². The molecular formula is C24H20N4O6. The monoisotopic (exact) mass is 460 g/mol. The van der Waals surface area contributed by atoms with Gasteiger partial charge in [-0.1, -0.05) is 24.3 Å². The zero-order chi connectivity index (χ0) is 24.1. The number of aromatic amines is 1. The SMILES string of the molecule is COc1cccc(-c2cc(C(=O)Nc3cc(Oc4ccccc4OC)cc([N+](=O)[O-])c3)[nH]n2)c1. The van der Waals surface area contributed by atoms with Crippen LogP contribution in [0.3, 0.4) is 0 Å². The van der Waals surface area contributed by atoms with E-state index in [9.17, 15) is 14.9 Å². The topological polar surface area (TPSA) is 129 Å². The number of aromatic nitrogens is 2. The highest BCUT2D eigenvalue weighted by Crippen LogP contribution is 2.34. The average Bonchev–Trinajstić information content (AvgIpc) is 3.35. The second kappa shape index (κ2) is 9.74. The predicted molar refractivity (Wildman–Crippen MR) is 125 cm³/mol. The van der Waals surface area contributed by atoms with Crippen LogP contribution in [-0.2, 0) is 0 Å². The molecule has 4 aromatic rings. The number of non-ortho nitro benzene ring substituents is 1. The summed E-state index contributed by atoms with van der Waals surface area (Å²) in [6, 6.07) is 19.7. The van der Waals surface area contributed by atoms with Crippen LogP contribution in [0.1, 0.15) is 10.5 Å². The fraction of sp³-hybridized carbons (Fsp3) is 0.0833. The number of benzene rings is 3. The van der Waals surface area contributed by atoms with Crippen LogP contribution in [0.2, 0.25) is 0 Å². The Balaban J connectivity index is 1.58. The number of rotatable bonds is 8. The lowest BCUT2D eigenvalue weighted by Crippen LogP contribution is -2.12. The summed E-state index contributed by atoms with van der Waals surface area (Å²) in [7, 11) is 3.05. The minimum absolute atomic E-state index is 0.163. The molecule has 10 nitrogen and oxygen atoms in total. The number of nitro benzene ring substituents is 1. The third-order valence-corrected chi connectivity index (χ3v) is 4.84. The Hall–Kier alpha value is -4.86. The molecule has 0 saturated heterocycles. The quantitative estimate of drug-likeness (QED) is 0.278. The first-order valence-corrected chi connectivity index (χ1v) is 10.1. The third kappa shape index (κ3) is 4.96. The molecule has 0 aliphatic heterocycles. The van der Waals surface area contributed by atoms with E-state index in [1.807, 2.05) is 12.1 Å². The summed E-state index contributed by atoms with van der Waals surface area (Å²) >= 11 is 0. The summed E-state index contributed by atoms with van der Waals surface area (Å²) in [6.07, 6.45) is 0. The minimum Gasteiger partial charge on any atom is -0.497 e. The van der Waals surface area contributed by atoms with E-state index in [-0.39, 0.29) is 22.8 Å². The van der Waals surface area contributed by atoms with Gasteiger partial charge >= 0.3 is 0 Å². The van der Waals surface area contributed by atoms with Crippen LogP contribution in [0.5, 0.6) is 23.0 Å². The van der Waals surface area contributed by atoms with Crippen LogP contribution in [-0.4, -0.2) is 35.2 Å². The fourth-order valence-electron chi connectivity index (χ4n) is 3.22. The van der Waals surface area contributed by atoms with Crippen molar-refractivity contribution in [3.8, 4) is 34.3 Å². The van der Waals surface area contributed by atoms with Crippen molar-refractivity contribution in [2.45, 2.75) is 0 Å². The standard InChI is InChI=1S/C24H20N4O6/c1-32-18-7-5-6-15(10-18)20-14-21(27-26-20)24(29)25-16-11-17(28(30)31)13-19(12-16)34-23-9-4-3-8-22(23)33-2/h3-14H,1-2H3,(H,25,29)(H,26,27). The number of anilines is 1. The van der Waals surface area contributed by atoms with E-state index in [2.05, 4.69) is 15.5 Å². The normalized spacial score (nSPS) is 10.4. The first-order chi connectivity index (χ1) is 16.5. The summed E-state index contributed by atoms with van der Waals surface area (Å²) in [5.41, 5.74) is 1.42. The van der Waals surface area contributed by atoms with Gasteiger partial charge in [0.2, 0.25) is 0 Å². The van der Waals surface area contributed by atoms with Crippen molar-refractivity contribution in [3.05, 3.63) is 88.6 Å². The molecule has 0 fully saturated rings. The van der Waals surface area contributed by atoms with Gasteiger partial charge in [-0.15, -0.1) is 0 Å². The van der Waals surface area contributed by atoms with Gasteiger partial charge in [-0.3, -0.25) is 20.0 Å². The smallest absolute Gasteiger partial charge is 0.275 e. The zero-order valence-corrected chi connectivity index (χ0v) is 18.3. The van der Waals surface area contributed by atoms with Gasteiger partial charge < -0.3 is 19.5 Å². The molecule has 34 heavy (non-hydrogen) atoms. The molecule has 0 unspecified atom stereocenters. The van der Waals surface area contributed by atoms with E-state index in [0.717, 1.165) is 5.56 Å². The van der Waals surface area contributed by atoms with Gasteiger partial charge in [0.15, 0.2) is 11.5 Å². The summed E-state index contributed by atoms with van der Waals surface area (Å²) in [5, 5.41) is 20.9. The van der Waals surface area contributed by atoms with Crippen LogP contribution in [0, 0.1) is 10.1 Å². The Morgan fingerprint density at radius 1 is 0.941 bits per heavy atom. The molecule has 3 aromatic carbocycles. The number of nitro groups is 1. The fourth-order valence-corrected chi connectivity index (χ4v) is 3.22. The second-order valence-electron chi connectivity index (χ2n) is 7.08. The lowest BCUT2D eigenvalue weighted by Gasteiger charge is -2.11. The Labute approximate surface area is 194 Å². The molecule has 0 atom stereocenters. The highest BCUT2D eigenvalue weighted by atomic mass is 16.6. The van der Waals surface area contributed by atoms with Crippen molar-refractivity contribution < 1.29 is 23.9 Å². The number of para-hydroxylation sites is 2. The maximum Gasteiger partial charge on any atom is 0.275 e.